The van der Waals surface area contributed by atoms with Crippen molar-refractivity contribution in [3.8, 4) is 5.75 Å². The Hall–Kier alpha value is -1.76. The molecule has 24 heavy (non-hydrogen) atoms. The van der Waals surface area contributed by atoms with Crippen molar-refractivity contribution in [2.75, 3.05) is 19.5 Å². The van der Waals surface area contributed by atoms with Crippen molar-refractivity contribution in [2.24, 2.45) is 5.92 Å². The number of nitrogens with one attached hydrogen (secondary N) is 1. The average molecular weight is 345 g/mol. The van der Waals surface area contributed by atoms with E-state index in [0.717, 1.165) is 18.9 Å². The summed E-state index contributed by atoms with van der Waals surface area (Å²) in [4.78, 5) is 12.6. The number of methoxy groups -OCH3 is 2. The summed E-state index contributed by atoms with van der Waals surface area (Å²) in [5, 5.41) is 2.57. The Balaban J connectivity index is 2.25. The van der Waals surface area contributed by atoms with Gasteiger partial charge in [0.05, 0.1) is 12.7 Å². The molecule has 0 unspecified atom stereocenters. The molecular formula is C17H22F3NO3. The minimum absolute atomic E-state index is 0.0720. The maximum atomic E-state index is 13.1. The lowest BCUT2D eigenvalue weighted by molar-refractivity contribution is -0.143. The molecule has 1 aliphatic carbocycles. The number of carbonyl (C=O) groups is 1. The summed E-state index contributed by atoms with van der Waals surface area (Å²) in [6.45, 7) is 2.04. The molecule has 0 heterocycles. The second-order valence-electron chi connectivity index (χ2n) is 6.27. The Morgan fingerprint density at radius 1 is 1.33 bits per heavy atom. The fraction of sp³-hybridized carbons (Fsp3) is 0.588. The highest BCUT2D eigenvalue weighted by atomic mass is 19.4. The van der Waals surface area contributed by atoms with E-state index in [1.54, 1.807) is 0 Å². The van der Waals surface area contributed by atoms with E-state index >= 15 is 0 Å². The zero-order valence-electron chi connectivity index (χ0n) is 14.0. The number of benzene rings is 1. The van der Waals surface area contributed by atoms with E-state index in [2.05, 4.69) is 5.32 Å². The van der Waals surface area contributed by atoms with Crippen LogP contribution in [0.5, 0.6) is 5.75 Å². The van der Waals surface area contributed by atoms with Crippen LogP contribution < -0.4 is 10.1 Å². The molecule has 0 aromatic heterocycles. The maximum Gasteiger partial charge on any atom is 0.420 e. The molecule has 2 rings (SSSR count). The molecule has 134 valence electrons. The lowest BCUT2D eigenvalue weighted by atomic mass is 9.78. The number of alkyl halides is 3. The highest BCUT2D eigenvalue weighted by molar-refractivity contribution is 5.97. The second-order valence-corrected chi connectivity index (χ2v) is 6.27. The molecule has 0 radical (unpaired) electrons. The molecule has 1 N–H and O–H groups in total. The summed E-state index contributed by atoms with van der Waals surface area (Å²) in [5.41, 5.74) is -1.84. The van der Waals surface area contributed by atoms with Gasteiger partial charge in [-0.05, 0) is 43.4 Å². The molecule has 1 saturated carbocycles. The van der Waals surface area contributed by atoms with Crippen molar-refractivity contribution < 1.29 is 27.4 Å². The first-order valence-electron chi connectivity index (χ1n) is 7.83. The summed E-state index contributed by atoms with van der Waals surface area (Å²) in [6.07, 6.45) is -1.60. The zero-order valence-corrected chi connectivity index (χ0v) is 14.0. The first-order valence-corrected chi connectivity index (χ1v) is 7.83. The second kappa shape index (κ2) is 7.01. The number of carbonyl (C=O) groups excluding carboxylic acids is 1. The number of hydrogen-bond donors (Lipinski definition) is 1. The quantitative estimate of drug-likeness (QED) is 0.887. The predicted octanol–water partition coefficient (Wildman–Crippen LogP) is 4.25. The van der Waals surface area contributed by atoms with Crippen molar-refractivity contribution in [3.63, 3.8) is 0 Å². The van der Waals surface area contributed by atoms with E-state index in [-0.39, 0.29) is 11.4 Å². The van der Waals surface area contributed by atoms with Gasteiger partial charge in [-0.1, -0.05) is 13.3 Å². The molecule has 1 fully saturated rings. The maximum absolute atomic E-state index is 13.1. The Kier molecular flexibility index (Phi) is 5.42. The number of halogens is 3. The fourth-order valence-electron chi connectivity index (χ4n) is 3.24. The number of rotatable bonds is 4. The van der Waals surface area contributed by atoms with E-state index in [9.17, 15) is 18.0 Å². The normalized spacial score (nSPS) is 24.5. The van der Waals surface area contributed by atoms with Crippen LogP contribution in [0.2, 0.25) is 0 Å². The van der Waals surface area contributed by atoms with E-state index < -0.39 is 23.2 Å². The van der Waals surface area contributed by atoms with Crippen LogP contribution in [-0.4, -0.2) is 25.7 Å². The van der Waals surface area contributed by atoms with Crippen LogP contribution in [0.15, 0.2) is 18.2 Å². The molecule has 0 aliphatic heterocycles. The number of anilines is 1. The Bertz CT molecular complexity index is 603. The van der Waals surface area contributed by atoms with Gasteiger partial charge in [0.25, 0.3) is 5.91 Å². The summed E-state index contributed by atoms with van der Waals surface area (Å²) in [5.74, 6) is -0.367. The molecule has 4 nitrogen and oxygen atoms in total. The SMILES string of the molecule is COc1ccc(NC(=O)[C@@]2(OC)CCC[C@H](C)C2)cc1C(F)(F)F. The van der Waals surface area contributed by atoms with Gasteiger partial charge >= 0.3 is 6.18 Å². The Labute approximate surface area is 139 Å². The Morgan fingerprint density at radius 2 is 2.04 bits per heavy atom. The summed E-state index contributed by atoms with van der Waals surface area (Å²) in [7, 11) is 2.64. The van der Waals surface area contributed by atoms with Crippen LogP contribution in [0.4, 0.5) is 18.9 Å². The highest BCUT2D eigenvalue weighted by Gasteiger charge is 2.42. The molecule has 0 spiro atoms. The van der Waals surface area contributed by atoms with Gasteiger partial charge < -0.3 is 14.8 Å². The molecule has 0 saturated heterocycles. The van der Waals surface area contributed by atoms with Gasteiger partial charge in [0.15, 0.2) is 0 Å². The summed E-state index contributed by atoms with van der Waals surface area (Å²) >= 11 is 0. The first kappa shape index (κ1) is 18.6. The molecule has 1 amide bonds. The lowest BCUT2D eigenvalue weighted by Gasteiger charge is -2.37. The van der Waals surface area contributed by atoms with E-state index in [4.69, 9.17) is 9.47 Å². The van der Waals surface area contributed by atoms with Crippen molar-refractivity contribution >= 4 is 11.6 Å². The minimum atomic E-state index is -4.57. The van der Waals surface area contributed by atoms with Crippen molar-refractivity contribution in [1.29, 1.82) is 0 Å². The standard InChI is InChI=1S/C17H22F3NO3/c1-11-5-4-8-16(10-11,24-3)15(22)21-12-6-7-14(23-2)13(9-12)17(18,19)20/h6-7,9,11H,4-5,8,10H2,1-3H3,(H,21,22)/t11-,16+/m0/s1. The molecular weight excluding hydrogens is 323 g/mol. The molecule has 1 aliphatic rings. The van der Waals surface area contributed by atoms with Crippen molar-refractivity contribution in [1.82, 2.24) is 0 Å². The van der Waals surface area contributed by atoms with Gasteiger partial charge in [0, 0.05) is 12.8 Å². The summed E-state index contributed by atoms with van der Waals surface area (Å²) in [6, 6.07) is 3.47. The Morgan fingerprint density at radius 3 is 2.58 bits per heavy atom. The number of amides is 1. The topological polar surface area (TPSA) is 47.6 Å². The third-order valence-electron chi connectivity index (χ3n) is 4.52. The van der Waals surface area contributed by atoms with Crippen LogP contribution in [0.3, 0.4) is 0 Å². The number of ether oxygens (including phenoxy) is 2. The van der Waals surface area contributed by atoms with E-state index in [1.165, 1.54) is 26.4 Å². The minimum Gasteiger partial charge on any atom is -0.496 e. The first-order chi connectivity index (χ1) is 11.2. The summed E-state index contributed by atoms with van der Waals surface area (Å²) < 4.78 is 49.5. The van der Waals surface area contributed by atoms with Crippen LogP contribution >= 0.6 is 0 Å². The molecule has 1 aromatic rings. The van der Waals surface area contributed by atoms with E-state index in [0.29, 0.717) is 18.8 Å². The lowest BCUT2D eigenvalue weighted by Crippen LogP contribution is -2.47. The van der Waals surface area contributed by atoms with Crippen molar-refractivity contribution in [2.45, 2.75) is 44.4 Å². The van der Waals surface area contributed by atoms with Gasteiger partial charge in [-0.3, -0.25) is 4.79 Å². The van der Waals surface area contributed by atoms with Crippen LogP contribution in [0.1, 0.15) is 38.2 Å². The highest BCUT2D eigenvalue weighted by Crippen LogP contribution is 2.39. The van der Waals surface area contributed by atoms with Crippen molar-refractivity contribution in [3.05, 3.63) is 23.8 Å². The van der Waals surface area contributed by atoms with E-state index in [1.807, 2.05) is 6.92 Å². The van der Waals surface area contributed by atoms with Crippen LogP contribution in [0.25, 0.3) is 0 Å². The van der Waals surface area contributed by atoms with Gasteiger partial charge in [-0.15, -0.1) is 0 Å². The predicted molar refractivity (Wildman–Crippen MR) is 84.0 cm³/mol. The van der Waals surface area contributed by atoms with Crippen LogP contribution in [-0.2, 0) is 15.7 Å². The molecule has 0 bridgehead atoms. The average Bonchev–Trinajstić information content (AvgIpc) is 2.53. The van der Waals surface area contributed by atoms with Gasteiger partial charge in [0.1, 0.15) is 11.4 Å². The zero-order chi connectivity index (χ0) is 18.0. The molecule has 7 heteroatoms. The third kappa shape index (κ3) is 3.83. The largest absolute Gasteiger partial charge is 0.496 e. The van der Waals surface area contributed by atoms with Gasteiger partial charge in [0.2, 0.25) is 0 Å². The monoisotopic (exact) mass is 345 g/mol. The molecule has 2 atom stereocenters. The van der Waals surface area contributed by atoms with Gasteiger partial charge in [-0.2, -0.15) is 13.2 Å². The third-order valence-corrected chi connectivity index (χ3v) is 4.52. The molecule has 1 aromatic carbocycles. The fourth-order valence-corrected chi connectivity index (χ4v) is 3.24. The van der Waals surface area contributed by atoms with Crippen LogP contribution in [0, 0.1) is 5.92 Å². The number of hydrogen-bond acceptors (Lipinski definition) is 3. The smallest absolute Gasteiger partial charge is 0.420 e. The van der Waals surface area contributed by atoms with Gasteiger partial charge in [-0.25, -0.2) is 0 Å².